The van der Waals surface area contributed by atoms with Crippen molar-refractivity contribution in [3.05, 3.63) is 73.8 Å². The van der Waals surface area contributed by atoms with Gasteiger partial charge < -0.3 is 14.2 Å². The molecule has 1 spiro atoms. The molecule has 0 aromatic heterocycles. The number of esters is 2. The Morgan fingerprint density at radius 2 is 1.62 bits per heavy atom. The van der Waals surface area contributed by atoms with Crippen LogP contribution < -0.4 is 4.74 Å². The van der Waals surface area contributed by atoms with E-state index in [2.05, 4.69) is 0 Å². The van der Waals surface area contributed by atoms with Crippen LogP contribution in [0.3, 0.4) is 0 Å². The fourth-order valence-corrected chi connectivity index (χ4v) is 3.60. The summed E-state index contributed by atoms with van der Waals surface area (Å²) in [4.78, 5) is 45.4. The normalized spacial score (nSPS) is 16.9. The molecule has 1 heterocycles. The van der Waals surface area contributed by atoms with E-state index in [-0.39, 0.29) is 17.1 Å². The molecule has 11 nitrogen and oxygen atoms in total. The van der Waals surface area contributed by atoms with Crippen molar-refractivity contribution in [3.8, 4) is 11.5 Å². The summed E-state index contributed by atoms with van der Waals surface area (Å²) in [6, 6.07) is 9.09. The Balaban J connectivity index is 1.58. The van der Waals surface area contributed by atoms with Gasteiger partial charge in [-0.3, -0.25) is 20.2 Å². The molecule has 1 aliphatic heterocycles. The van der Waals surface area contributed by atoms with E-state index in [0.717, 1.165) is 31.0 Å². The number of ether oxygens (including phenoxy) is 3. The van der Waals surface area contributed by atoms with Crippen molar-refractivity contribution >= 4 is 29.4 Å². The summed E-state index contributed by atoms with van der Waals surface area (Å²) in [6.07, 6.45) is 3.81. The van der Waals surface area contributed by atoms with Crippen molar-refractivity contribution in [1.29, 1.82) is 0 Å². The molecule has 1 aliphatic carbocycles. The zero-order chi connectivity index (χ0) is 22.9. The molecule has 2 aromatic carbocycles. The number of nitro groups is 2. The van der Waals surface area contributed by atoms with Gasteiger partial charge in [0, 0.05) is 18.9 Å². The molecule has 0 unspecified atom stereocenters. The van der Waals surface area contributed by atoms with Crippen LogP contribution in [0, 0.1) is 20.2 Å². The topological polar surface area (TPSA) is 148 Å². The van der Waals surface area contributed by atoms with E-state index >= 15 is 0 Å². The Labute approximate surface area is 180 Å². The molecule has 32 heavy (non-hydrogen) atoms. The molecule has 2 fully saturated rings. The number of rotatable bonds is 5. The highest BCUT2D eigenvalue weighted by Gasteiger charge is 2.47. The van der Waals surface area contributed by atoms with E-state index in [0.29, 0.717) is 18.4 Å². The second kappa shape index (κ2) is 8.10. The van der Waals surface area contributed by atoms with Gasteiger partial charge in [0.1, 0.15) is 11.3 Å². The van der Waals surface area contributed by atoms with Gasteiger partial charge in [-0.15, -0.1) is 0 Å². The molecule has 0 atom stereocenters. The standard InChI is InChI=1S/C21H16N2O9/c24-19-16(20(25)32-21(31-19)8-1-2-9-21)11-13-4-3-5-15(10-13)30-18-7-6-14(22(26)27)12-17(18)23(28)29/h3-7,10-12H,1-2,8-9H2. The lowest BCUT2D eigenvalue weighted by Crippen LogP contribution is -2.44. The smallest absolute Gasteiger partial charge is 0.348 e. The largest absolute Gasteiger partial charge is 0.450 e. The quantitative estimate of drug-likeness (QED) is 0.221. The fourth-order valence-electron chi connectivity index (χ4n) is 3.60. The summed E-state index contributed by atoms with van der Waals surface area (Å²) in [7, 11) is 0. The molecule has 0 bridgehead atoms. The summed E-state index contributed by atoms with van der Waals surface area (Å²) in [5, 5.41) is 22.2. The van der Waals surface area contributed by atoms with E-state index in [1.54, 1.807) is 12.1 Å². The number of hydrogen-bond donors (Lipinski definition) is 0. The average molecular weight is 440 g/mol. The maximum atomic E-state index is 12.4. The van der Waals surface area contributed by atoms with Crippen LogP contribution in [0.25, 0.3) is 6.08 Å². The number of nitro benzene ring substituents is 2. The SMILES string of the molecule is O=C1OC2(CCCC2)OC(=O)C1=Cc1cccc(Oc2ccc([N+](=O)[O-])cc2[N+](=O)[O-])c1. The van der Waals surface area contributed by atoms with Gasteiger partial charge in [0.2, 0.25) is 5.75 Å². The molecular formula is C21H16N2O9. The minimum Gasteiger partial charge on any atom is -0.450 e. The Bertz CT molecular complexity index is 1140. The second-order valence-corrected chi connectivity index (χ2v) is 7.30. The van der Waals surface area contributed by atoms with Crippen LogP contribution in [0.4, 0.5) is 11.4 Å². The molecule has 1 saturated carbocycles. The molecule has 0 radical (unpaired) electrons. The van der Waals surface area contributed by atoms with E-state index in [1.165, 1.54) is 18.2 Å². The minimum atomic E-state index is -1.18. The van der Waals surface area contributed by atoms with Gasteiger partial charge in [-0.1, -0.05) is 12.1 Å². The van der Waals surface area contributed by atoms with Gasteiger partial charge in [-0.2, -0.15) is 0 Å². The van der Waals surface area contributed by atoms with E-state index in [1.807, 2.05) is 0 Å². The van der Waals surface area contributed by atoms with Gasteiger partial charge in [0.25, 0.3) is 11.5 Å². The van der Waals surface area contributed by atoms with Crippen molar-refractivity contribution in [2.45, 2.75) is 31.5 Å². The van der Waals surface area contributed by atoms with Crippen molar-refractivity contribution in [2.75, 3.05) is 0 Å². The Kier molecular flexibility index (Phi) is 5.31. The number of carbonyl (C=O) groups is 2. The minimum absolute atomic E-state index is 0.154. The first-order valence-corrected chi connectivity index (χ1v) is 9.65. The third kappa shape index (κ3) is 4.13. The molecular weight excluding hydrogens is 424 g/mol. The van der Waals surface area contributed by atoms with Gasteiger partial charge in [-0.05, 0) is 42.7 Å². The zero-order valence-corrected chi connectivity index (χ0v) is 16.5. The van der Waals surface area contributed by atoms with Crippen LogP contribution in [0.2, 0.25) is 0 Å². The zero-order valence-electron chi connectivity index (χ0n) is 16.5. The number of hydrogen-bond acceptors (Lipinski definition) is 9. The molecule has 1 saturated heterocycles. The van der Waals surface area contributed by atoms with Crippen LogP contribution >= 0.6 is 0 Å². The molecule has 2 aromatic rings. The van der Waals surface area contributed by atoms with Crippen LogP contribution in [0.1, 0.15) is 31.2 Å². The van der Waals surface area contributed by atoms with Gasteiger partial charge in [-0.25, -0.2) is 9.59 Å². The van der Waals surface area contributed by atoms with E-state index in [9.17, 15) is 29.8 Å². The molecule has 164 valence electrons. The first kappa shape index (κ1) is 21.0. The highest BCUT2D eigenvalue weighted by molar-refractivity contribution is 6.18. The lowest BCUT2D eigenvalue weighted by atomic mass is 10.1. The predicted molar refractivity (Wildman–Crippen MR) is 108 cm³/mol. The van der Waals surface area contributed by atoms with Crippen LogP contribution in [-0.2, 0) is 19.1 Å². The third-order valence-corrected chi connectivity index (χ3v) is 5.11. The Hall–Kier alpha value is -4.28. The molecule has 11 heteroatoms. The summed E-state index contributed by atoms with van der Waals surface area (Å²) in [6.45, 7) is 0. The summed E-state index contributed by atoms with van der Waals surface area (Å²) < 4.78 is 16.3. The van der Waals surface area contributed by atoms with Crippen LogP contribution in [-0.4, -0.2) is 27.6 Å². The fraction of sp³-hybridized carbons (Fsp3) is 0.238. The summed E-state index contributed by atoms with van der Waals surface area (Å²) in [5.41, 5.74) is -0.916. The monoisotopic (exact) mass is 440 g/mol. The highest BCUT2D eigenvalue weighted by Crippen LogP contribution is 2.39. The summed E-state index contributed by atoms with van der Waals surface area (Å²) >= 11 is 0. The molecule has 4 rings (SSSR count). The number of nitrogens with zero attached hydrogens (tertiary/aromatic N) is 2. The molecule has 0 amide bonds. The van der Waals surface area contributed by atoms with Gasteiger partial charge in [0.05, 0.1) is 15.9 Å². The Morgan fingerprint density at radius 1 is 0.938 bits per heavy atom. The first-order valence-electron chi connectivity index (χ1n) is 9.65. The number of carbonyl (C=O) groups excluding carboxylic acids is 2. The van der Waals surface area contributed by atoms with Crippen molar-refractivity contribution in [3.63, 3.8) is 0 Å². The van der Waals surface area contributed by atoms with Gasteiger partial charge >= 0.3 is 17.6 Å². The predicted octanol–water partition coefficient (Wildman–Crippen LogP) is 4.05. The first-order chi connectivity index (χ1) is 15.3. The van der Waals surface area contributed by atoms with Crippen molar-refractivity contribution in [1.82, 2.24) is 0 Å². The number of non-ortho nitro benzene ring substituents is 1. The lowest BCUT2D eigenvalue weighted by Gasteiger charge is -2.32. The highest BCUT2D eigenvalue weighted by atomic mass is 16.7. The number of benzene rings is 2. The van der Waals surface area contributed by atoms with E-state index < -0.39 is 38.9 Å². The average Bonchev–Trinajstić information content (AvgIpc) is 3.18. The second-order valence-electron chi connectivity index (χ2n) is 7.30. The molecule has 2 aliphatic rings. The third-order valence-electron chi connectivity index (χ3n) is 5.11. The van der Waals surface area contributed by atoms with E-state index in [4.69, 9.17) is 14.2 Å². The van der Waals surface area contributed by atoms with Crippen molar-refractivity contribution < 1.29 is 33.6 Å². The maximum absolute atomic E-state index is 12.4. The lowest BCUT2D eigenvalue weighted by molar-refractivity contribution is -0.394. The summed E-state index contributed by atoms with van der Waals surface area (Å²) in [5.74, 6) is -2.78. The van der Waals surface area contributed by atoms with Crippen LogP contribution in [0.15, 0.2) is 48.0 Å². The maximum Gasteiger partial charge on any atom is 0.348 e. The Morgan fingerprint density at radius 3 is 2.25 bits per heavy atom. The van der Waals surface area contributed by atoms with Gasteiger partial charge in [0.15, 0.2) is 0 Å². The van der Waals surface area contributed by atoms with Crippen LogP contribution in [0.5, 0.6) is 11.5 Å². The molecule has 0 N–H and O–H groups in total. The van der Waals surface area contributed by atoms with Crippen molar-refractivity contribution in [2.24, 2.45) is 0 Å².